The Morgan fingerprint density at radius 2 is 1.70 bits per heavy atom. The molecule has 0 saturated heterocycles. The summed E-state index contributed by atoms with van der Waals surface area (Å²) in [6, 6.07) is 13.8. The summed E-state index contributed by atoms with van der Waals surface area (Å²) in [5.74, 6) is -0.535. The highest BCUT2D eigenvalue weighted by atomic mass is 32.1. The van der Waals surface area contributed by atoms with Crippen LogP contribution in [0.5, 0.6) is 0 Å². The molecule has 2 aromatic heterocycles. The summed E-state index contributed by atoms with van der Waals surface area (Å²) in [7, 11) is 0. The molecule has 0 unspecified atom stereocenters. The van der Waals surface area contributed by atoms with E-state index in [0.717, 1.165) is 29.7 Å². The van der Waals surface area contributed by atoms with Gasteiger partial charge in [-0.2, -0.15) is 17.5 Å². The van der Waals surface area contributed by atoms with Crippen molar-refractivity contribution in [2.45, 2.75) is 6.18 Å². The van der Waals surface area contributed by atoms with Crippen molar-refractivity contribution < 1.29 is 17.6 Å². The van der Waals surface area contributed by atoms with Gasteiger partial charge < -0.3 is 0 Å². The molecule has 0 spiro atoms. The zero-order valence-electron chi connectivity index (χ0n) is 16.9. The van der Waals surface area contributed by atoms with E-state index in [1.165, 1.54) is 22.9 Å². The van der Waals surface area contributed by atoms with Crippen LogP contribution in [0.15, 0.2) is 85.7 Å². The first kappa shape index (κ1) is 22.3. The molecule has 10 heteroatoms. The SMILES string of the molecule is C=C/C(F)=C(\C=C)n1nnc(-c2nc(-c3cccc(C(F)(F)F)c3)ns2)c1-c1ccccc1. The molecule has 4 rings (SSSR count). The molecule has 0 aliphatic carbocycles. The zero-order chi connectivity index (χ0) is 23.6. The van der Waals surface area contributed by atoms with Crippen molar-refractivity contribution in [2.24, 2.45) is 0 Å². The van der Waals surface area contributed by atoms with Gasteiger partial charge in [0.1, 0.15) is 17.2 Å². The average molecular weight is 469 g/mol. The number of aromatic nitrogens is 5. The van der Waals surface area contributed by atoms with E-state index in [1.807, 2.05) is 6.07 Å². The summed E-state index contributed by atoms with van der Waals surface area (Å²) < 4.78 is 59.2. The van der Waals surface area contributed by atoms with Crippen LogP contribution in [-0.4, -0.2) is 24.4 Å². The van der Waals surface area contributed by atoms with Crippen molar-refractivity contribution in [3.63, 3.8) is 0 Å². The van der Waals surface area contributed by atoms with Gasteiger partial charge in [0.05, 0.1) is 5.56 Å². The lowest BCUT2D eigenvalue weighted by Crippen LogP contribution is -2.04. The van der Waals surface area contributed by atoms with Crippen LogP contribution in [0.25, 0.3) is 39.0 Å². The molecule has 166 valence electrons. The van der Waals surface area contributed by atoms with Gasteiger partial charge in [0.2, 0.25) is 0 Å². The van der Waals surface area contributed by atoms with Crippen LogP contribution in [0, 0.1) is 0 Å². The lowest BCUT2D eigenvalue weighted by atomic mass is 10.1. The van der Waals surface area contributed by atoms with Gasteiger partial charge >= 0.3 is 6.18 Å². The van der Waals surface area contributed by atoms with E-state index in [2.05, 4.69) is 32.8 Å². The molecule has 0 aliphatic heterocycles. The second kappa shape index (κ2) is 8.91. The molecule has 0 aliphatic rings. The third kappa shape index (κ3) is 4.37. The van der Waals surface area contributed by atoms with Crippen molar-refractivity contribution in [3.05, 3.63) is 91.3 Å². The molecule has 2 heterocycles. The highest BCUT2D eigenvalue weighted by Crippen LogP contribution is 2.36. The van der Waals surface area contributed by atoms with Gasteiger partial charge in [0.25, 0.3) is 0 Å². The Balaban J connectivity index is 1.86. The topological polar surface area (TPSA) is 56.5 Å². The third-order valence-corrected chi connectivity index (χ3v) is 5.36. The lowest BCUT2D eigenvalue weighted by Gasteiger charge is -2.08. The number of rotatable bonds is 6. The summed E-state index contributed by atoms with van der Waals surface area (Å²) in [6.45, 7) is 7.08. The van der Waals surface area contributed by atoms with Crippen LogP contribution in [0.2, 0.25) is 0 Å². The first-order chi connectivity index (χ1) is 15.8. The number of alkyl halides is 3. The zero-order valence-corrected chi connectivity index (χ0v) is 17.7. The van der Waals surface area contributed by atoms with Crippen molar-refractivity contribution >= 4 is 17.2 Å². The van der Waals surface area contributed by atoms with Crippen LogP contribution in [-0.2, 0) is 6.18 Å². The Bertz CT molecular complexity index is 1350. The van der Waals surface area contributed by atoms with E-state index in [4.69, 9.17) is 0 Å². The molecular formula is C23H15F4N5S. The Hall–Kier alpha value is -3.92. The quantitative estimate of drug-likeness (QED) is 0.234. The summed E-state index contributed by atoms with van der Waals surface area (Å²) in [4.78, 5) is 4.39. The van der Waals surface area contributed by atoms with Gasteiger partial charge in [-0.1, -0.05) is 60.8 Å². The number of hydrogen-bond donors (Lipinski definition) is 0. The molecule has 0 atom stereocenters. The molecule has 33 heavy (non-hydrogen) atoms. The maximum atomic E-state index is 14.4. The molecule has 2 aromatic carbocycles. The lowest BCUT2D eigenvalue weighted by molar-refractivity contribution is -0.137. The van der Waals surface area contributed by atoms with Crippen molar-refractivity contribution in [3.8, 4) is 33.3 Å². The summed E-state index contributed by atoms with van der Waals surface area (Å²) in [5, 5.41) is 8.56. The molecule has 5 nitrogen and oxygen atoms in total. The van der Waals surface area contributed by atoms with Crippen molar-refractivity contribution in [1.29, 1.82) is 0 Å². The van der Waals surface area contributed by atoms with Gasteiger partial charge in [-0.15, -0.1) is 5.10 Å². The van der Waals surface area contributed by atoms with Crippen molar-refractivity contribution in [2.75, 3.05) is 0 Å². The van der Waals surface area contributed by atoms with Gasteiger partial charge in [0.15, 0.2) is 16.5 Å². The van der Waals surface area contributed by atoms with Gasteiger partial charge in [0, 0.05) is 11.1 Å². The van der Waals surface area contributed by atoms with Gasteiger partial charge in [-0.05, 0) is 35.8 Å². The maximum absolute atomic E-state index is 14.4. The standard InChI is InChI=1S/C23H15F4N5S/c1-3-17(24)18(4-2)32-20(14-9-6-5-7-10-14)19(29-31-32)22-28-21(30-33-22)15-11-8-12-16(13-15)23(25,26)27/h3-13H,1-2H2/b18-17-. The third-order valence-electron chi connectivity index (χ3n) is 4.64. The minimum absolute atomic E-state index is 0.0326. The van der Waals surface area contributed by atoms with Crippen LogP contribution < -0.4 is 0 Å². The fourth-order valence-corrected chi connectivity index (χ4v) is 3.78. The fraction of sp³-hybridized carbons (Fsp3) is 0.0435. The number of benzene rings is 2. The van der Waals surface area contributed by atoms with E-state index < -0.39 is 17.6 Å². The molecule has 0 amide bonds. The second-order valence-corrected chi connectivity index (χ2v) is 7.46. The predicted octanol–water partition coefficient (Wildman–Crippen LogP) is 6.66. The second-order valence-electron chi connectivity index (χ2n) is 6.71. The highest BCUT2D eigenvalue weighted by Gasteiger charge is 2.31. The minimum atomic E-state index is -4.49. The van der Waals surface area contributed by atoms with Crippen LogP contribution in [0.4, 0.5) is 17.6 Å². The van der Waals surface area contributed by atoms with E-state index in [9.17, 15) is 17.6 Å². The Kier molecular flexibility index (Phi) is 6.01. The Morgan fingerprint density at radius 1 is 0.970 bits per heavy atom. The normalized spacial score (nSPS) is 12.4. The molecule has 0 N–H and O–H groups in total. The van der Waals surface area contributed by atoms with Gasteiger partial charge in [-0.3, -0.25) is 0 Å². The Labute approximate surface area is 190 Å². The fourth-order valence-electron chi connectivity index (χ4n) is 3.11. The van der Waals surface area contributed by atoms with E-state index in [-0.39, 0.29) is 17.1 Å². The Morgan fingerprint density at radius 3 is 2.36 bits per heavy atom. The predicted molar refractivity (Wildman–Crippen MR) is 120 cm³/mol. The molecule has 0 saturated carbocycles. The summed E-state index contributed by atoms with van der Waals surface area (Å²) >= 11 is 0.952. The minimum Gasteiger partial charge on any atom is -0.213 e. The molecule has 0 radical (unpaired) electrons. The first-order valence-corrected chi connectivity index (χ1v) is 10.3. The summed E-state index contributed by atoms with van der Waals surface area (Å²) in [6.07, 6.45) is -2.17. The highest BCUT2D eigenvalue weighted by molar-refractivity contribution is 7.09. The molecule has 0 bridgehead atoms. The number of halogens is 4. The number of hydrogen-bond acceptors (Lipinski definition) is 5. The number of nitrogens with zero attached hydrogens (tertiary/aromatic N) is 5. The van der Waals surface area contributed by atoms with E-state index in [0.29, 0.717) is 22.0 Å². The average Bonchev–Trinajstić information content (AvgIpc) is 3.47. The number of allylic oxidation sites excluding steroid dienone is 4. The first-order valence-electron chi connectivity index (χ1n) is 9.51. The van der Waals surface area contributed by atoms with E-state index >= 15 is 0 Å². The van der Waals surface area contributed by atoms with Crippen LogP contribution >= 0.6 is 11.5 Å². The monoisotopic (exact) mass is 469 g/mol. The van der Waals surface area contributed by atoms with E-state index in [1.54, 1.807) is 24.3 Å². The largest absolute Gasteiger partial charge is 0.416 e. The molecule has 4 aromatic rings. The molecule has 0 fully saturated rings. The molecular weight excluding hydrogens is 454 g/mol. The van der Waals surface area contributed by atoms with Crippen LogP contribution in [0.3, 0.4) is 0 Å². The summed E-state index contributed by atoms with van der Waals surface area (Å²) in [5.41, 5.74) is 0.843. The maximum Gasteiger partial charge on any atom is 0.416 e. The van der Waals surface area contributed by atoms with Crippen molar-refractivity contribution in [1.82, 2.24) is 24.4 Å². The smallest absolute Gasteiger partial charge is 0.213 e. The van der Waals surface area contributed by atoms with Crippen LogP contribution in [0.1, 0.15) is 5.56 Å². The van der Waals surface area contributed by atoms with Gasteiger partial charge in [-0.25, -0.2) is 14.1 Å².